The fraction of sp³-hybridized carbons (Fsp3) is 0.455. The molecule has 0 aromatic heterocycles. The van der Waals surface area contributed by atoms with E-state index in [1.807, 2.05) is 0 Å². The van der Waals surface area contributed by atoms with Gasteiger partial charge in [0.05, 0.1) is 16.1 Å². The zero-order valence-electron chi connectivity index (χ0n) is 9.56. The summed E-state index contributed by atoms with van der Waals surface area (Å²) in [4.78, 5) is 10.2. The molecule has 5 heteroatoms. The van der Waals surface area contributed by atoms with Crippen molar-refractivity contribution >= 4 is 5.69 Å². The Balaban J connectivity index is 2.90. The van der Waals surface area contributed by atoms with Crippen LogP contribution in [0.5, 0.6) is 5.75 Å². The first-order valence-corrected chi connectivity index (χ1v) is 4.90. The fourth-order valence-corrected chi connectivity index (χ4v) is 1.21. The number of nitro benzene ring substituents is 1. The normalized spacial score (nSPS) is 11.2. The maximum Gasteiger partial charge on any atom is 0.276 e. The van der Waals surface area contributed by atoms with Crippen molar-refractivity contribution in [1.82, 2.24) is 0 Å². The fourth-order valence-electron chi connectivity index (χ4n) is 1.21. The second kappa shape index (κ2) is 4.49. The highest BCUT2D eigenvalue weighted by Crippen LogP contribution is 2.27. The quantitative estimate of drug-likeness (QED) is 0.628. The zero-order chi connectivity index (χ0) is 12.3. The minimum atomic E-state index is -0.961. The Morgan fingerprint density at radius 3 is 2.62 bits per heavy atom. The van der Waals surface area contributed by atoms with Gasteiger partial charge in [-0.25, -0.2) is 0 Å². The van der Waals surface area contributed by atoms with Crippen LogP contribution >= 0.6 is 0 Å². The van der Waals surface area contributed by atoms with Crippen molar-refractivity contribution in [3.63, 3.8) is 0 Å². The maximum absolute atomic E-state index is 10.7. The van der Waals surface area contributed by atoms with Crippen LogP contribution in [0.1, 0.15) is 19.4 Å². The van der Waals surface area contributed by atoms with Crippen molar-refractivity contribution in [1.29, 1.82) is 0 Å². The minimum absolute atomic E-state index is 0.0215. The van der Waals surface area contributed by atoms with Crippen LogP contribution in [0.15, 0.2) is 18.2 Å². The molecule has 0 heterocycles. The summed E-state index contributed by atoms with van der Waals surface area (Å²) in [5.74, 6) is 0.427. The lowest BCUT2D eigenvalue weighted by Crippen LogP contribution is -2.28. The summed E-state index contributed by atoms with van der Waals surface area (Å²) < 4.78 is 5.34. The Morgan fingerprint density at radius 2 is 2.12 bits per heavy atom. The molecule has 1 N–H and O–H groups in total. The molecule has 0 unspecified atom stereocenters. The molecular weight excluding hydrogens is 210 g/mol. The molecule has 0 fully saturated rings. The van der Waals surface area contributed by atoms with Crippen molar-refractivity contribution in [2.45, 2.75) is 26.4 Å². The molecule has 1 aromatic rings. The molecule has 0 atom stereocenters. The Labute approximate surface area is 93.8 Å². The lowest BCUT2D eigenvalue weighted by molar-refractivity contribution is -0.385. The van der Waals surface area contributed by atoms with Gasteiger partial charge in [-0.2, -0.15) is 0 Å². The summed E-state index contributed by atoms with van der Waals surface area (Å²) in [7, 11) is 0. The van der Waals surface area contributed by atoms with E-state index in [2.05, 4.69) is 0 Å². The van der Waals surface area contributed by atoms with E-state index in [9.17, 15) is 15.2 Å². The highest BCUT2D eigenvalue weighted by Gasteiger charge is 2.17. The van der Waals surface area contributed by atoms with E-state index in [1.54, 1.807) is 32.9 Å². The molecule has 88 valence electrons. The topological polar surface area (TPSA) is 72.6 Å². The number of nitrogens with zero attached hydrogens (tertiary/aromatic N) is 1. The predicted octanol–water partition coefficient (Wildman–Crippen LogP) is 2.05. The summed E-state index contributed by atoms with van der Waals surface area (Å²) in [5, 5.41) is 20.2. The molecule has 0 spiro atoms. The van der Waals surface area contributed by atoms with E-state index in [4.69, 9.17) is 4.74 Å². The van der Waals surface area contributed by atoms with Crippen LogP contribution in [0, 0.1) is 17.0 Å². The number of ether oxygens (including phenoxy) is 1. The zero-order valence-corrected chi connectivity index (χ0v) is 9.56. The summed E-state index contributed by atoms with van der Waals surface area (Å²) in [6.45, 7) is 4.94. The molecular formula is C11H15NO4. The third kappa shape index (κ3) is 3.20. The second-order valence-electron chi connectivity index (χ2n) is 4.26. The molecule has 0 amide bonds. The van der Waals surface area contributed by atoms with Crippen LogP contribution in [0.3, 0.4) is 0 Å². The first-order valence-electron chi connectivity index (χ1n) is 4.90. The molecule has 5 nitrogen and oxygen atoms in total. The van der Waals surface area contributed by atoms with Crippen molar-refractivity contribution in [2.75, 3.05) is 6.61 Å². The summed E-state index contributed by atoms with van der Waals surface area (Å²) in [5.41, 5.74) is -0.471. The van der Waals surface area contributed by atoms with E-state index in [0.29, 0.717) is 11.3 Å². The van der Waals surface area contributed by atoms with Gasteiger partial charge in [0, 0.05) is 6.07 Å². The molecule has 0 saturated heterocycles. The van der Waals surface area contributed by atoms with Crippen LogP contribution in [-0.4, -0.2) is 22.2 Å². The van der Waals surface area contributed by atoms with Crippen LogP contribution in [-0.2, 0) is 0 Å². The third-order valence-electron chi connectivity index (χ3n) is 2.03. The van der Waals surface area contributed by atoms with Gasteiger partial charge in [0.1, 0.15) is 12.4 Å². The Morgan fingerprint density at radius 1 is 1.50 bits per heavy atom. The molecule has 0 aliphatic heterocycles. The number of nitro groups is 1. The molecule has 0 aliphatic rings. The lowest BCUT2D eigenvalue weighted by Gasteiger charge is -2.18. The summed E-state index contributed by atoms with van der Waals surface area (Å²) >= 11 is 0. The predicted molar refractivity (Wildman–Crippen MR) is 59.6 cm³/mol. The lowest BCUT2D eigenvalue weighted by atomic mass is 10.1. The number of hydrogen-bond acceptors (Lipinski definition) is 4. The van der Waals surface area contributed by atoms with Gasteiger partial charge in [0.2, 0.25) is 0 Å². The second-order valence-corrected chi connectivity index (χ2v) is 4.26. The molecule has 0 aliphatic carbocycles. The molecule has 1 aromatic carbocycles. The van der Waals surface area contributed by atoms with E-state index < -0.39 is 10.5 Å². The minimum Gasteiger partial charge on any atom is -0.490 e. The molecule has 16 heavy (non-hydrogen) atoms. The van der Waals surface area contributed by atoms with Crippen LogP contribution in [0.25, 0.3) is 0 Å². The monoisotopic (exact) mass is 225 g/mol. The largest absolute Gasteiger partial charge is 0.490 e. The highest BCUT2D eigenvalue weighted by atomic mass is 16.6. The number of aliphatic hydroxyl groups is 1. The first kappa shape index (κ1) is 12.4. The molecule has 0 radical (unpaired) electrons. The maximum atomic E-state index is 10.7. The van der Waals surface area contributed by atoms with Crippen LogP contribution in [0.4, 0.5) is 5.69 Å². The molecule has 1 rings (SSSR count). The van der Waals surface area contributed by atoms with Crippen LogP contribution in [0.2, 0.25) is 0 Å². The van der Waals surface area contributed by atoms with Crippen molar-refractivity contribution in [2.24, 2.45) is 0 Å². The van der Waals surface area contributed by atoms with Crippen molar-refractivity contribution in [3.05, 3.63) is 33.9 Å². The Bertz CT molecular complexity index is 395. The summed E-state index contributed by atoms with van der Waals surface area (Å²) in [6, 6.07) is 4.63. The van der Waals surface area contributed by atoms with Gasteiger partial charge in [-0.05, 0) is 26.8 Å². The van der Waals surface area contributed by atoms with Gasteiger partial charge in [0.15, 0.2) is 0 Å². The summed E-state index contributed by atoms with van der Waals surface area (Å²) in [6.07, 6.45) is 0. The van der Waals surface area contributed by atoms with Crippen LogP contribution < -0.4 is 4.74 Å². The Kier molecular flexibility index (Phi) is 3.49. The van der Waals surface area contributed by atoms with Crippen molar-refractivity contribution in [3.8, 4) is 5.75 Å². The molecule has 0 saturated carbocycles. The van der Waals surface area contributed by atoms with Crippen molar-refractivity contribution < 1.29 is 14.8 Å². The van der Waals surface area contributed by atoms with Gasteiger partial charge >= 0.3 is 0 Å². The van der Waals surface area contributed by atoms with E-state index in [-0.39, 0.29) is 12.3 Å². The van der Waals surface area contributed by atoms with Gasteiger partial charge in [0.25, 0.3) is 5.69 Å². The first-order chi connectivity index (χ1) is 7.31. The van der Waals surface area contributed by atoms with Gasteiger partial charge in [-0.3, -0.25) is 10.1 Å². The van der Waals surface area contributed by atoms with E-state index >= 15 is 0 Å². The Hall–Kier alpha value is -1.62. The smallest absolute Gasteiger partial charge is 0.276 e. The van der Waals surface area contributed by atoms with Gasteiger partial charge < -0.3 is 9.84 Å². The van der Waals surface area contributed by atoms with E-state index in [0.717, 1.165) is 0 Å². The average molecular weight is 225 g/mol. The molecule has 0 bridgehead atoms. The third-order valence-corrected chi connectivity index (χ3v) is 2.03. The van der Waals surface area contributed by atoms with E-state index in [1.165, 1.54) is 6.07 Å². The number of rotatable bonds is 4. The SMILES string of the molecule is Cc1c(OCC(C)(C)O)cccc1[N+](=O)[O-]. The number of hydrogen-bond donors (Lipinski definition) is 1. The van der Waals surface area contributed by atoms with Gasteiger partial charge in [-0.15, -0.1) is 0 Å². The standard InChI is InChI=1S/C11H15NO4/c1-8-9(12(14)15)5-4-6-10(8)16-7-11(2,3)13/h4-6,13H,7H2,1-3H3. The highest BCUT2D eigenvalue weighted by molar-refractivity contribution is 5.48. The number of benzene rings is 1. The van der Waals surface area contributed by atoms with Gasteiger partial charge in [-0.1, -0.05) is 6.07 Å². The average Bonchev–Trinajstić information content (AvgIpc) is 2.14.